The summed E-state index contributed by atoms with van der Waals surface area (Å²) in [5.41, 5.74) is -2.01. The number of rotatable bonds is 8. The molecule has 39 heavy (non-hydrogen) atoms. The number of benzene rings is 2. The number of alkyl halides is 6. The molecule has 2 N–H and O–H groups in total. The smallest absolute Gasteiger partial charge is 0.416 e. The van der Waals surface area contributed by atoms with E-state index in [1.807, 2.05) is 19.0 Å². The molecule has 1 aliphatic rings. The highest BCUT2D eigenvalue weighted by Crippen LogP contribution is 2.49. The lowest BCUT2D eigenvalue weighted by Crippen LogP contribution is -2.58. The van der Waals surface area contributed by atoms with Crippen LogP contribution in [0.5, 0.6) is 5.75 Å². The molecule has 1 amide bonds. The van der Waals surface area contributed by atoms with Gasteiger partial charge in [0.15, 0.2) is 5.54 Å². The number of aromatic amines is 1. The molecule has 4 rings (SSSR count). The van der Waals surface area contributed by atoms with Gasteiger partial charge in [0.1, 0.15) is 5.75 Å². The Labute approximate surface area is 219 Å². The van der Waals surface area contributed by atoms with Crippen LogP contribution < -0.4 is 15.0 Å². The number of anilines is 1. The average Bonchev–Trinajstić information content (AvgIpc) is 3.40. The van der Waals surface area contributed by atoms with Crippen molar-refractivity contribution in [2.24, 2.45) is 0 Å². The number of carbonyl (C=O) groups excluding carboxylic acids is 1. The van der Waals surface area contributed by atoms with Crippen LogP contribution in [-0.2, 0) is 10.3 Å². The van der Waals surface area contributed by atoms with E-state index in [2.05, 4.69) is 25.9 Å². The summed E-state index contributed by atoms with van der Waals surface area (Å²) in [7, 11) is 3.62. The number of aromatic nitrogens is 4. The van der Waals surface area contributed by atoms with Gasteiger partial charge >= 0.3 is 12.4 Å². The molecule has 0 aliphatic carbocycles. The van der Waals surface area contributed by atoms with Crippen molar-refractivity contribution < 1.29 is 35.9 Å². The number of halogens is 6. The summed E-state index contributed by atoms with van der Waals surface area (Å²) in [6, 6.07) is 11.4. The SMILES string of the molecule is CN(C)c1ccc(C2=C(c3nn[nH]n3)C(=O)N[C@@](c3ccc(OCCCC(F)(F)F)cc3)(C(F)(F)F)C2)cc1. The maximum Gasteiger partial charge on any atom is 0.416 e. The number of amides is 1. The van der Waals surface area contributed by atoms with Crippen molar-refractivity contribution in [2.45, 2.75) is 37.2 Å². The van der Waals surface area contributed by atoms with Crippen molar-refractivity contribution in [3.8, 4) is 5.75 Å². The van der Waals surface area contributed by atoms with Gasteiger partial charge in [-0.25, -0.2) is 0 Å². The number of H-pyrrole nitrogens is 1. The molecule has 0 saturated heterocycles. The van der Waals surface area contributed by atoms with Gasteiger partial charge in [-0.1, -0.05) is 24.3 Å². The molecule has 8 nitrogen and oxygen atoms in total. The van der Waals surface area contributed by atoms with Gasteiger partial charge in [0.2, 0.25) is 5.82 Å². The minimum absolute atomic E-state index is 0.0651. The molecule has 0 radical (unpaired) electrons. The Morgan fingerprint density at radius 3 is 2.21 bits per heavy atom. The zero-order valence-corrected chi connectivity index (χ0v) is 20.8. The van der Waals surface area contributed by atoms with Crippen molar-refractivity contribution in [1.29, 1.82) is 0 Å². The summed E-state index contributed by atoms with van der Waals surface area (Å²) < 4.78 is 86.7. The van der Waals surface area contributed by atoms with E-state index in [-0.39, 0.29) is 41.3 Å². The summed E-state index contributed by atoms with van der Waals surface area (Å²) in [4.78, 5) is 15.1. The van der Waals surface area contributed by atoms with Crippen molar-refractivity contribution in [2.75, 3.05) is 25.6 Å². The Balaban J connectivity index is 1.72. The fraction of sp³-hybridized carbons (Fsp3) is 0.360. The van der Waals surface area contributed by atoms with Crippen LogP contribution in [0.4, 0.5) is 32.0 Å². The highest BCUT2D eigenvalue weighted by Gasteiger charge is 2.59. The molecule has 0 fully saturated rings. The lowest BCUT2D eigenvalue weighted by Gasteiger charge is -2.41. The first-order valence-electron chi connectivity index (χ1n) is 11.7. The van der Waals surface area contributed by atoms with E-state index in [1.165, 1.54) is 12.1 Å². The molecule has 0 unspecified atom stereocenters. The highest BCUT2D eigenvalue weighted by atomic mass is 19.4. The van der Waals surface area contributed by atoms with Crippen molar-refractivity contribution in [3.05, 3.63) is 65.5 Å². The summed E-state index contributed by atoms with van der Waals surface area (Å²) >= 11 is 0. The van der Waals surface area contributed by atoms with Gasteiger partial charge in [-0.15, -0.1) is 10.2 Å². The molecule has 2 heterocycles. The lowest BCUT2D eigenvalue weighted by atomic mass is 9.76. The monoisotopic (exact) mass is 554 g/mol. The molecule has 2 aromatic carbocycles. The molecule has 1 aliphatic heterocycles. The third kappa shape index (κ3) is 5.99. The molecule has 1 atom stereocenters. The average molecular weight is 554 g/mol. The molecule has 208 valence electrons. The lowest BCUT2D eigenvalue weighted by molar-refractivity contribution is -0.201. The second-order valence-electron chi connectivity index (χ2n) is 9.16. The molecule has 0 spiro atoms. The first kappa shape index (κ1) is 27.9. The van der Waals surface area contributed by atoms with Crippen LogP contribution in [0.3, 0.4) is 0 Å². The minimum Gasteiger partial charge on any atom is -0.494 e. The predicted molar refractivity (Wildman–Crippen MR) is 129 cm³/mol. The number of tetrazole rings is 1. The number of ether oxygens (including phenoxy) is 1. The fourth-order valence-corrected chi connectivity index (χ4v) is 4.31. The van der Waals surface area contributed by atoms with Crippen LogP contribution >= 0.6 is 0 Å². The standard InChI is InChI=1S/C25H24F6N6O2/c1-37(2)17-8-4-15(5-9-17)19-14-23(25(29,30)31,32-22(38)20(19)21-33-35-36-34-21)16-6-10-18(11-7-16)39-13-3-12-24(26,27)28/h4-11H,3,12-14H2,1-2H3,(H,32,38)(H,33,34,35,36)/t23-/m0/s1. The van der Waals surface area contributed by atoms with Crippen molar-refractivity contribution in [3.63, 3.8) is 0 Å². The maximum atomic E-state index is 14.8. The van der Waals surface area contributed by atoms with Crippen LogP contribution in [0.25, 0.3) is 11.1 Å². The van der Waals surface area contributed by atoms with Gasteiger partial charge in [0, 0.05) is 32.6 Å². The first-order chi connectivity index (χ1) is 18.3. The van der Waals surface area contributed by atoms with Crippen LogP contribution in [-0.4, -0.2) is 59.6 Å². The summed E-state index contributed by atoms with van der Waals surface area (Å²) in [6.45, 7) is -0.260. The Morgan fingerprint density at radius 1 is 1.00 bits per heavy atom. The Kier molecular flexibility index (Phi) is 7.57. The van der Waals surface area contributed by atoms with Gasteiger partial charge in [-0.05, 0) is 52.6 Å². The number of nitrogens with zero attached hydrogens (tertiary/aromatic N) is 4. The molecular weight excluding hydrogens is 530 g/mol. The van der Waals surface area contributed by atoms with Gasteiger partial charge < -0.3 is 15.0 Å². The fourth-order valence-electron chi connectivity index (χ4n) is 4.31. The quantitative estimate of drug-likeness (QED) is 0.305. The molecule has 3 aromatic rings. The third-order valence-corrected chi connectivity index (χ3v) is 6.30. The van der Waals surface area contributed by atoms with Crippen LogP contribution in [0.2, 0.25) is 0 Å². The van der Waals surface area contributed by atoms with E-state index in [4.69, 9.17) is 4.74 Å². The van der Waals surface area contributed by atoms with E-state index in [0.29, 0.717) is 5.56 Å². The predicted octanol–water partition coefficient (Wildman–Crippen LogP) is 4.88. The van der Waals surface area contributed by atoms with E-state index in [9.17, 15) is 31.1 Å². The van der Waals surface area contributed by atoms with Crippen LogP contribution in [0.1, 0.15) is 36.2 Å². The molecular formula is C25H24F6N6O2. The first-order valence-corrected chi connectivity index (χ1v) is 11.7. The van der Waals surface area contributed by atoms with Crippen molar-refractivity contribution in [1.82, 2.24) is 25.9 Å². The van der Waals surface area contributed by atoms with E-state index in [0.717, 1.165) is 17.8 Å². The number of carbonyl (C=O) groups is 1. The second kappa shape index (κ2) is 10.6. The second-order valence-corrected chi connectivity index (χ2v) is 9.16. The maximum absolute atomic E-state index is 14.8. The molecule has 1 aromatic heterocycles. The third-order valence-electron chi connectivity index (χ3n) is 6.30. The number of hydrogen-bond acceptors (Lipinski definition) is 6. The summed E-state index contributed by atoms with van der Waals surface area (Å²) in [5, 5.41) is 15.4. The molecule has 14 heteroatoms. The van der Waals surface area contributed by atoms with Gasteiger partial charge in [-0.2, -0.15) is 31.6 Å². The zero-order chi connectivity index (χ0) is 28.4. The van der Waals surface area contributed by atoms with Gasteiger partial charge in [0.05, 0.1) is 12.2 Å². The Bertz CT molecular complexity index is 1320. The van der Waals surface area contributed by atoms with Crippen molar-refractivity contribution >= 4 is 22.7 Å². The largest absolute Gasteiger partial charge is 0.494 e. The topological polar surface area (TPSA) is 96.0 Å². The van der Waals surface area contributed by atoms with E-state index in [1.54, 1.807) is 24.3 Å². The molecule has 0 saturated carbocycles. The van der Waals surface area contributed by atoms with Crippen LogP contribution in [0.15, 0.2) is 48.5 Å². The zero-order valence-electron chi connectivity index (χ0n) is 20.8. The van der Waals surface area contributed by atoms with Gasteiger partial charge in [0.25, 0.3) is 5.91 Å². The highest BCUT2D eigenvalue weighted by molar-refractivity contribution is 6.27. The Morgan fingerprint density at radius 2 is 1.67 bits per heavy atom. The minimum atomic E-state index is -4.94. The van der Waals surface area contributed by atoms with Gasteiger partial charge in [-0.3, -0.25) is 4.79 Å². The van der Waals surface area contributed by atoms with Crippen LogP contribution in [0, 0.1) is 0 Å². The number of nitrogens with one attached hydrogen (secondary N) is 2. The molecule has 0 bridgehead atoms. The summed E-state index contributed by atoms with van der Waals surface area (Å²) in [6.07, 6.45) is -11.3. The van der Waals surface area contributed by atoms with E-state index < -0.39 is 36.6 Å². The summed E-state index contributed by atoms with van der Waals surface area (Å²) in [5.74, 6) is -1.10. The Hall–Kier alpha value is -4.10. The van der Waals surface area contributed by atoms with E-state index >= 15 is 0 Å². The number of hydrogen-bond donors (Lipinski definition) is 2. The normalized spacial score (nSPS) is 18.2.